The highest BCUT2D eigenvalue weighted by Gasteiger charge is 2.24. The lowest BCUT2D eigenvalue weighted by Gasteiger charge is -2.19. The van der Waals surface area contributed by atoms with Gasteiger partial charge in [-0.2, -0.15) is 0 Å². The van der Waals surface area contributed by atoms with Crippen LogP contribution in [0.5, 0.6) is 0 Å². The van der Waals surface area contributed by atoms with Crippen molar-refractivity contribution in [2.45, 2.75) is 57.8 Å². The number of hydrogen-bond acceptors (Lipinski definition) is 3. The van der Waals surface area contributed by atoms with Gasteiger partial charge in [0.1, 0.15) is 5.76 Å². The van der Waals surface area contributed by atoms with E-state index in [0.29, 0.717) is 11.7 Å². The number of hydrogen-bond donors (Lipinski definition) is 1. The molecule has 3 nitrogen and oxygen atoms in total. The van der Waals surface area contributed by atoms with Crippen LogP contribution in [0.2, 0.25) is 0 Å². The lowest BCUT2D eigenvalue weighted by atomic mass is 9.85. The molecule has 1 aliphatic rings. The topological polar surface area (TPSA) is 52.0 Å². The third kappa shape index (κ3) is 2.16. The van der Waals surface area contributed by atoms with Gasteiger partial charge in [-0.3, -0.25) is 0 Å². The molecular weight excluding hydrogens is 188 g/mol. The third-order valence-electron chi connectivity index (χ3n) is 3.32. The van der Waals surface area contributed by atoms with Crippen LogP contribution in [0.4, 0.5) is 5.82 Å². The van der Waals surface area contributed by atoms with E-state index in [0.717, 1.165) is 18.6 Å². The first-order valence-electron chi connectivity index (χ1n) is 6.06. The summed E-state index contributed by atoms with van der Waals surface area (Å²) >= 11 is 0. The number of nitrogens with zero attached hydrogens (tertiary/aromatic N) is 1. The predicted molar refractivity (Wildman–Crippen MR) is 60.7 cm³/mol. The van der Waals surface area contributed by atoms with E-state index in [9.17, 15) is 0 Å². The van der Waals surface area contributed by atoms with Gasteiger partial charge in [-0.05, 0) is 19.3 Å². The summed E-state index contributed by atoms with van der Waals surface area (Å²) in [6.07, 6.45) is 8.58. The first-order valence-corrected chi connectivity index (χ1v) is 6.06. The van der Waals surface area contributed by atoms with Gasteiger partial charge in [0.15, 0.2) is 5.82 Å². The van der Waals surface area contributed by atoms with E-state index in [1.54, 1.807) is 0 Å². The molecule has 0 aromatic carbocycles. The van der Waals surface area contributed by atoms with Gasteiger partial charge in [0.05, 0.1) is 0 Å². The van der Waals surface area contributed by atoms with Gasteiger partial charge in [-0.25, -0.2) is 0 Å². The van der Waals surface area contributed by atoms with Gasteiger partial charge in [0.25, 0.3) is 0 Å². The van der Waals surface area contributed by atoms with Gasteiger partial charge in [-0.15, -0.1) is 0 Å². The van der Waals surface area contributed by atoms with E-state index in [4.69, 9.17) is 10.3 Å². The number of anilines is 1. The van der Waals surface area contributed by atoms with E-state index in [-0.39, 0.29) is 0 Å². The Bertz CT molecular complexity index is 313. The molecule has 1 saturated carbocycles. The van der Waals surface area contributed by atoms with Gasteiger partial charge >= 0.3 is 0 Å². The molecule has 0 amide bonds. The van der Waals surface area contributed by atoms with Gasteiger partial charge < -0.3 is 10.3 Å². The van der Waals surface area contributed by atoms with Gasteiger partial charge in [0, 0.05) is 11.5 Å². The van der Waals surface area contributed by atoms with Crippen molar-refractivity contribution in [1.82, 2.24) is 5.16 Å². The SMILES string of the molecule is CCCc1c(N)noc1C1CCCCC1. The smallest absolute Gasteiger partial charge is 0.170 e. The average Bonchev–Trinajstić information content (AvgIpc) is 2.63. The maximum absolute atomic E-state index is 5.83. The van der Waals surface area contributed by atoms with Crippen molar-refractivity contribution >= 4 is 5.82 Å². The lowest BCUT2D eigenvalue weighted by molar-refractivity contribution is 0.320. The Kier molecular flexibility index (Phi) is 3.29. The number of nitrogens with two attached hydrogens (primary N) is 1. The van der Waals surface area contributed by atoms with Crippen molar-refractivity contribution in [1.29, 1.82) is 0 Å². The normalized spacial score (nSPS) is 18.2. The minimum Gasteiger partial charge on any atom is -0.381 e. The highest BCUT2D eigenvalue weighted by atomic mass is 16.5. The quantitative estimate of drug-likeness (QED) is 0.829. The molecule has 0 saturated heterocycles. The molecule has 84 valence electrons. The largest absolute Gasteiger partial charge is 0.381 e. The minimum absolute atomic E-state index is 0.574. The Morgan fingerprint density at radius 3 is 2.73 bits per heavy atom. The second kappa shape index (κ2) is 4.69. The summed E-state index contributed by atoms with van der Waals surface area (Å²) in [4.78, 5) is 0. The Morgan fingerprint density at radius 1 is 1.33 bits per heavy atom. The van der Waals surface area contributed by atoms with Crippen LogP contribution in [-0.2, 0) is 6.42 Å². The zero-order valence-electron chi connectivity index (χ0n) is 9.46. The molecular formula is C12H20N2O. The van der Waals surface area contributed by atoms with Crippen molar-refractivity contribution in [3.8, 4) is 0 Å². The van der Waals surface area contributed by atoms with Crippen LogP contribution in [0.3, 0.4) is 0 Å². The van der Waals surface area contributed by atoms with E-state index < -0.39 is 0 Å². The molecule has 0 atom stereocenters. The average molecular weight is 208 g/mol. The fraction of sp³-hybridized carbons (Fsp3) is 0.750. The predicted octanol–water partition coefficient (Wildman–Crippen LogP) is 3.26. The van der Waals surface area contributed by atoms with Crippen molar-refractivity contribution in [3.63, 3.8) is 0 Å². The van der Waals surface area contributed by atoms with Crippen LogP contribution in [0.15, 0.2) is 4.52 Å². The van der Waals surface area contributed by atoms with Crippen LogP contribution in [0, 0.1) is 0 Å². The van der Waals surface area contributed by atoms with Crippen LogP contribution >= 0.6 is 0 Å². The molecule has 1 aliphatic carbocycles. The summed E-state index contributed by atoms with van der Waals surface area (Å²) in [7, 11) is 0. The van der Waals surface area contributed by atoms with E-state index >= 15 is 0 Å². The summed E-state index contributed by atoms with van der Waals surface area (Å²) in [6.45, 7) is 2.16. The maximum Gasteiger partial charge on any atom is 0.170 e. The highest BCUT2D eigenvalue weighted by molar-refractivity contribution is 5.41. The lowest BCUT2D eigenvalue weighted by Crippen LogP contribution is -2.06. The van der Waals surface area contributed by atoms with Crippen molar-refractivity contribution in [2.24, 2.45) is 0 Å². The zero-order chi connectivity index (χ0) is 10.7. The summed E-state index contributed by atoms with van der Waals surface area (Å²) in [6, 6.07) is 0. The Labute approximate surface area is 91.0 Å². The van der Waals surface area contributed by atoms with Crippen molar-refractivity contribution < 1.29 is 4.52 Å². The minimum atomic E-state index is 0.574. The second-order valence-electron chi connectivity index (χ2n) is 4.50. The van der Waals surface area contributed by atoms with E-state index in [2.05, 4.69) is 12.1 Å². The number of aromatic nitrogens is 1. The fourth-order valence-corrected chi connectivity index (χ4v) is 2.52. The molecule has 0 bridgehead atoms. The Balaban J connectivity index is 2.18. The highest BCUT2D eigenvalue weighted by Crippen LogP contribution is 2.36. The molecule has 0 spiro atoms. The third-order valence-corrected chi connectivity index (χ3v) is 3.32. The molecule has 1 aromatic rings. The number of rotatable bonds is 3. The first kappa shape index (κ1) is 10.5. The maximum atomic E-state index is 5.83. The van der Waals surface area contributed by atoms with E-state index in [1.165, 1.54) is 37.7 Å². The van der Waals surface area contributed by atoms with Crippen molar-refractivity contribution in [3.05, 3.63) is 11.3 Å². The molecule has 1 aromatic heterocycles. The molecule has 2 N–H and O–H groups in total. The Morgan fingerprint density at radius 2 is 2.07 bits per heavy atom. The second-order valence-corrected chi connectivity index (χ2v) is 4.50. The summed E-state index contributed by atoms with van der Waals surface area (Å²) in [5.74, 6) is 2.26. The van der Waals surface area contributed by atoms with Crippen LogP contribution in [0.1, 0.15) is 62.7 Å². The monoisotopic (exact) mass is 208 g/mol. The molecule has 0 radical (unpaired) electrons. The van der Waals surface area contributed by atoms with Gasteiger partial charge in [0.2, 0.25) is 0 Å². The fourth-order valence-electron chi connectivity index (χ4n) is 2.52. The van der Waals surface area contributed by atoms with Gasteiger partial charge in [-0.1, -0.05) is 37.8 Å². The standard InChI is InChI=1S/C12H20N2O/c1-2-6-10-11(15-14-12(10)13)9-7-4-3-5-8-9/h9H,2-8H2,1H3,(H2,13,14). The van der Waals surface area contributed by atoms with Crippen molar-refractivity contribution in [2.75, 3.05) is 5.73 Å². The Hall–Kier alpha value is -0.990. The molecule has 2 rings (SSSR count). The molecule has 15 heavy (non-hydrogen) atoms. The molecule has 3 heteroatoms. The van der Waals surface area contributed by atoms with Crippen LogP contribution in [0.25, 0.3) is 0 Å². The van der Waals surface area contributed by atoms with Crippen LogP contribution < -0.4 is 5.73 Å². The molecule has 1 heterocycles. The molecule has 0 aliphatic heterocycles. The summed E-state index contributed by atoms with van der Waals surface area (Å²) in [5, 5.41) is 3.91. The molecule has 1 fully saturated rings. The summed E-state index contributed by atoms with van der Waals surface area (Å²) in [5.41, 5.74) is 7.00. The van der Waals surface area contributed by atoms with Crippen LogP contribution in [-0.4, -0.2) is 5.16 Å². The van der Waals surface area contributed by atoms with E-state index in [1.807, 2.05) is 0 Å². The summed E-state index contributed by atoms with van der Waals surface area (Å²) < 4.78 is 5.41. The first-order chi connectivity index (χ1) is 7.33. The zero-order valence-corrected chi connectivity index (χ0v) is 9.46. The molecule has 0 unspecified atom stereocenters. The number of nitrogen functional groups attached to an aromatic ring is 1.